The Labute approximate surface area is 155 Å². The van der Waals surface area contributed by atoms with E-state index >= 15 is 0 Å². The lowest BCUT2D eigenvalue weighted by atomic mass is 10.1. The highest BCUT2D eigenvalue weighted by atomic mass is 36.0. The van der Waals surface area contributed by atoms with E-state index in [1.54, 1.807) is 0 Å². The van der Waals surface area contributed by atoms with Crippen LogP contribution >= 0.6 is 21.4 Å². The summed E-state index contributed by atoms with van der Waals surface area (Å²) in [5.74, 6) is 0. The molecule has 0 saturated heterocycles. The van der Waals surface area contributed by atoms with Crippen LogP contribution in [0.4, 0.5) is 11.4 Å². The fourth-order valence-electron chi connectivity index (χ4n) is 1.96. The maximum Gasteiger partial charge on any atom is 0.317 e. The standard InChI is InChI=1S/C18H14N2.Cl2O2S/c1-3-7-15(8-4-1)16-11-13-18(14-12-16)20-19-17-9-5-2-6-10-17;1-5(2,3)4/h1-14H;. The molecule has 4 nitrogen and oxygen atoms in total. The Morgan fingerprint density at radius 2 is 0.920 bits per heavy atom. The molecule has 0 aliphatic carbocycles. The van der Waals surface area contributed by atoms with Gasteiger partial charge in [-0.3, -0.25) is 0 Å². The molecule has 7 heteroatoms. The van der Waals surface area contributed by atoms with Crippen LogP contribution in [-0.2, 0) is 8.26 Å². The number of hydrogen-bond donors (Lipinski definition) is 0. The smallest absolute Gasteiger partial charge is 0.195 e. The molecule has 0 atom stereocenters. The zero-order valence-electron chi connectivity index (χ0n) is 13.0. The summed E-state index contributed by atoms with van der Waals surface area (Å²) in [5.41, 5.74) is 4.11. The third kappa shape index (κ3) is 7.94. The molecule has 0 aromatic heterocycles. The zero-order chi connectivity index (χ0) is 18.1. The van der Waals surface area contributed by atoms with E-state index in [2.05, 4.69) is 55.9 Å². The topological polar surface area (TPSA) is 58.9 Å². The second kappa shape index (κ2) is 9.32. The van der Waals surface area contributed by atoms with Gasteiger partial charge in [0.1, 0.15) is 0 Å². The summed E-state index contributed by atoms with van der Waals surface area (Å²) in [6.07, 6.45) is 0. The fourth-order valence-corrected chi connectivity index (χ4v) is 1.96. The molecule has 3 aromatic rings. The van der Waals surface area contributed by atoms with Crippen LogP contribution in [0.5, 0.6) is 0 Å². The molecule has 25 heavy (non-hydrogen) atoms. The van der Waals surface area contributed by atoms with Gasteiger partial charge in [-0.2, -0.15) is 18.6 Å². The molecule has 3 aromatic carbocycles. The minimum Gasteiger partial charge on any atom is -0.195 e. The summed E-state index contributed by atoms with van der Waals surface area (Å²) in [6.45, 7) is 0. The Kier molecular flexibility index (Phi) is 7.13. The monoisotopic (exact) mass is 392 g/mol. The van der Waals surface area contributed by atoms with Crippen LogP contribution in [0.2, 0.25) is 0 Å². The van der Waals surface area contributed by atoms with Crippen molar-refractivity contribution in [1.29, 1.82) is 0 Å². The zero-order valence-corrected chi connectivity index (χ0v) is 15.3. The van der Waals surface area contributed by atoms with Crippen molar-refractivity contribution in [1.82, 2.24) is 0 Å². The van der Waals surface area contributed by atoms with Gasteiger partial charge in [0.15, 0.2) is 0 Å². The molecule has 0 bridgehead atoms. The van der Waals surface area contributed by atoms with Gasteiger partial charge < -0.3 is 0 Å². The van der Waals surface area contributed by atoms with Crippen LogP contribution in [-0.4, -0.2) is 8.42 Å². The van der Waals surface area contributed by atoms with Gasteiger partial charge in [-0.15, -0.1) is 0 Å². The van der Waals surface area contributed by atoms with E-state index < -0.39 is 8.26 Å². The van der Waals surface area contributed by atoms with E-state index in [0.717, 1.165) is 11.4 Å². The molecule has 0 spiro atoms. The van der Waals surface area contributed by atoms with Crippen LogP contribution in [0, 0.1) is 0 Å². The number of rotatable bonds is 3. The van der Waals surface area contributed by atoms with Crippen LogP contribution in [0.15, 0.2) is 95.2 Å². The number of benzene rings is 3. The molecule has 0 N–H and O–H groups in total. The second-order valence-electron chi connectivity index (χ2n) is 4.83. The van der Waals surface area contributed by atoms with Crippen molar-refractivity contribution in [2.75, 3.05) is 0 Å². The Morgan fingerprint density at radius 1 is 0.560 bits per heavy atom. The first-order valence-electron chi connectivity index (χ1n) is 7.18. The Hall–Kier alpha value is -2.21. The minimum absolute atomic E-state index is 0.855. The lowest BCUT2D eigenvalue weighted by Crippen LogP contribution is -1.75. The number of nitrogens with zero attached hydrogens (tertiary/aromatic N) is 2. The predicted molar refractivity (Wildman–Crippen MR) is 103 cm³/mol. The molecule has 0 radical (unpaired) electrons. The highest BCUT2D eigenvalue weighted by molar-refractivity contribution is 8.31. The normalized spacial score (nSPS) is 11.0. The van der Waals surface area contributed by atoms with Crippen LogP contribution in [0.25, 0.3) is 11.1 Å². The van der Waals surface area contributed by atoms with E-state index in [-0.39, 0.29) is 0 Å². The van der Waals surface area contributed by atoms with Crippen molar-refractivity contribution in [2.45, 2.75) is 0 Å². The number of halogens is 2. The minimum atomic E-state index is -3.72. The van der Waals surface area contributed by atoms with Crippen molar-refractivity contribution in [3.8, 4) is 11.1 Å². The van der Waals surface area contributed by atoms with Crippen molar-refractivity contribution >= 4 is 41.0 Å². The lowest BCUT2D eigenvalue weighted by Gasteiger charge is -2.01. The van der Waals surface area contributed by atoms with Gasteiger partial charge in [0.05, 0.1) is 11.4 Å². The van der Waals surface area contributed by atoms with E-state index in [1.807, 2.05) is 60.7 Å². The summed E-state index contributed by atoms with van der Waals surface area (Å²) in [4.78, 5) is 0. The predicted octanol–water partition coefficient (Wildman–Crippen LogP) is 6.48. The first kappa shape index (κ1) is 19.1. The largest absolute Gasteiger partial charge is 0.317 e. The average molecular weight is 393 g/mol. The Balaban J connectivity index is 0.000000399. The van der Waals surface area contributed by atoms with Crippen molar-refractivity contribution in [3.63, 3.8) is 0 Å². The molecule has 0 saturated carbocycles. The molecule has 0 amide bonds. The molecule has 3 rings (SSSR count). The first-order valence-corrected chi connectivity index (χ1v) is 10.3. The van der Waals surface area contributed by atoms with Gasteiger partial charge in [-0.1, -0.05) is 60.7 Å². The van der Waals surface area contributed by atoms with Gasteiger partial charge in [0.2, 0.25) is 0 Å². The molecular formula is C18H14Cl2N2O2S. The van der Waals surface area contributed by atoms with E-state index in [0.29, 0.717) is 0 Å². The van der Waals surface area contributed by atoms with Crippen LogP contribution < -0.4 is 0 Å². The highest BCUT2D eigenvalue weighted by Gasteiger charge is 1.96. The summed E-state index contributed by atoms with van der Waals surface area (Å²) >= 11 is 0. The summed E-state index contributed by atoms with van der Waals surface area (Å²) in [5, 5.41) is 8.44. The summed E-state index contributed by atoms with van der Waals surface area (Å²) in [6, 6.07) is 28.1. The Morgan fingerprint density at radius 3 is 1.40 bits per heavy atom. The summed E-state index contributed by atoms with van der Waals surface area (Å²) in [7, 11) is 4.81. The van der Waals surface area contributed by atoms with Crippen molar-refractivity contribution in [3.05, 3.63) is 84.9 Å². The van der Waals surface area contributed by atoms with E-state index in [1.165, 1.54) is 11.1 Å². The van der Waals surface area contributed by atoms with Gasteiger partial charge in [0.25, 0.3) is 0 Å². The van der Waals surface area contributed by atoms with Crippen molar-refractivity contribution < 1.29 is 8.42 Å². The average Bonchev–Trinajstić information content (AvgIpc) is 2.61. The highest BCUT2D eigenvalue weighted by Crippen LogP contribution is 2.23. The number of azo groups is 1. The summed E-state index contributed by atoms with van der Waals surface area (Å²) < 4.78 is 18.3. The van der Waals surface area contributed by atoms with Gasteiger partial charge in [0, 0.05) is 21.4 Å². The fraction of sp³-hybridized carbons (Fsp3) is 0. The van der Waals surface area contributed by atoms with Gasteiger partial charge in [-0.25, -0.2) is 0 Å². The maximum atomic E-state index is 9.16. The van der Waals surface area contributed by atoms with Crippen LogP contribution in [0.1, 0.15) is 0 Å². The second-order valence-corrected chi connectivity index (χ2v) is 8.50. The molecule has 0 heterocycles. The van der Waals surface area contributed by atoms with Gasteiger partial charge in [-0.05, 0) is 35.4 Å². The van der Waals surface area contributed by atoms with Gasteiger partial charge >= 0.3 is 8.26 Å². The van der Waals surface area contributed by atoms with E-state index in [9.17, 15) is 0 Å². The third-order valence-electron chi connectivity index (χ3n) is 3.01. The van der Waals surface area contributed by atoms with Crippen LogP contribution in [0.3, 0.4) is 0 Å². The SMILES string of the molecule is O=S(=O)(Cl)Cl.c1ccc(N=Nc2ccc(-c3ccccc3)cc2)cc1. The number of hydrogen-bond acceptors (Lipinski definition) is 4. The third-order valence-corrected chi connectivity index (χ3v) is 3.01. The molecule has 0 fully saturated rings. The lowest BCUT2D eigenvalue weighted by molar-refractivity contribution is 0.621. The quantitative estimate of drug-likeness (QED) is 0.378. The maximum absolute atomic E-state index is 9.16. The molecule has 0 aliphatic rings. The molecule has 128 valence electrons. The molecular weight excluding hydrogens is 379 g/mol. The Bertz CT molecular complexity index is 906. The molecule has 0 aliphatic heterocycles. The van der Waals surface area contributed by atoms with Crippen molar-refractivity contribution in [2.24, 2.45) is 10.2 Å². The molecule has 0 unspecified atom stereocenters. The first-order chi connectivity index (χ1) is 11.9. The van der Waals surface area contributed by atoms with E-state index in [4.69, 9.17) is 8.42 Å².